The zero-order chi connectivity index (χ0) is 77.1. The normalized spacial score (nSPS) is 14.1. The van der Waals surface area contributed by atoms with Crippen molar-refractivity contribution in [3.8, 4) is 0 Å². The second kappa shape index (κ2) is 77.4. The molecule has 0 aliphatic rings. The second-order valence-electron chi connectivity index (χ2n) is 31.6. The van der Waals surface area contributed by atoms with Crippen molar-refractivity contribution in [2.75, 3.05) is 39.6 Å². The summed E-state index contributed by atoms with van der Waals surface area (Å²) in [7, 11) is -9.93. The zero-order valence-corrected chi connectivity index (χ0v) is 70.8. The molecule has 0 saturated heterocycles. The van der Waals surface area contributed by atoms with Crippen molar-refractivity contribution in [2.45, 2.75) is 477 Å². The fourth-order valence-corrected chi connectivity index (χ4v) is 15.0. The fourth-order valence-electron chi connectivity index (χ4n) is 13.4. The number of unbranched alkanes of at least 4 members (excludes halogenated alkanes) is 54. The van der Waals surface area contributed by atoms with Crippen molar-refractivity contribution >= 4 is 39.5 Å². The molecule has 3 unspecified atom stereocenters. The quantitative estimate of drug-likeness (QED) is 0.0222. The summed E-state index contributed by atoms with van der Waals surface area (Å²) in [6.45, 7) is 9.75. The molecular formula is C86H168O17P2. The Bertz CT molecular complexity index is 2010. The number of carbonyl (C=O) groups is 4. The van der Waals surface area contributed by atoms with Gasteiger partial charge in [-0.05, 0) is 37.5 Å². The van der Waals surface area contributed by atoms with Crippen LogP contribution in [0.25, 0.3) is 0 Å². The highest BCUT2D eigenvalue weighted by Gasteiger charge is 2.30. The maximum atomic E-state index is 13.1. The highest BCUT2D eigenvalue weighted by molar-refractivity contribution is 7.47. The summed E-state index contributed by atoms with van der Waals surface area (Å²) in [6.07, 6.45) is 69.3. The van der Waals surface area contributed by atoms with Gasteiger partial charge in [0, 0.05) is 25.7 Å². The lowest BCUT2D eigenvalue weighted by atomic mass is 9.99. The molecule has 0 spiro atoms. The summed E-state index contributed by atoms with van der Waals surface area (Å²) >= 11 is 0. The minimum atomic E-state index is -4.97. The summed E-state index contributed by atoms with van der Waals surface area (Å²) in [6, 6.07) is 0. The Morgan fingerprint density at radius 2 is 0.486 bits per heavy atom. The molecule has 0 aromatic rings. The van der Waals surface area contributed by atoms with E-state index in [1.807, 2.05) is 0 Å². The molecule has 0 radical (unpaired) electrons. The molecular weight excluding hydrogens is 1370 g/mol. The van der Waals surface area contributed by atoms with E-state index in [2.05, 4.69) is 41.5 Å². The van der Waals surface area contributed by atoms with Crippen molar-refractivity contribution in [2.24, 2.45) is 11.8 Å². The van der Waals surface area contributed by atoms with Gasteiger partial charge in [-0.2, -0.15) is 0 Å². The molecule has 6 atom stereocenters. The Balaban J connectivity index is 5.24. The van der Waals surface area contributed by atoms with Crippen LogP contribution < -0.4 is 0 Å². The van der Waals surface area contributed by atoms with Gasteiger partial charge < -0.3 is 33.8 Å². The third-order valence-corrected chi connectivity index (χ3v) is 22.5. The average Bonchev–Trinajstić information content (AvgIpc) is 0.940. The third-order valence-electron chi connectivity index (χ3n) is 20.6. The number of phosphoric acid groups is 2. The lowest BCUT2D eigenvalue weighted by molar-refractivity contribution is -0.161. The predicted octanol–water partition coefficient (Wildman–Crippen LogP) is 26.2. The van der Waals surface area contributed by atoms with Gasteiger partial charge in [-0.15, -0.1) is 0 Å². The molecule has 0 bridgehead atoms. The first-order chi connectivity index (χ1) is 50.9. The van der Waals surface area contributed by atoms with Crippen LogP contribution in [0, 0.1) is 11.8 Å². The number of phosphoric ester groups is 2. The first-order valence-electron chi connectivity index (χ1n) is 44.5. The topological polar surface area (TPSA) is 237 Å². The Hall–Kier alpha value is -1.94. The molecule has 3 N–H and O–H groups in total. The minimum absolute atomic E-state index is 0.108. The molecule has 0 aliphatic carbocycles. The number of hydrogen-bond donors (Lipinski definition) is 3. The lowest BCUT2D eigenvalue weighted by Crippen LogP contribution is -2.30. The van der Waals surface area contributed by atoms with E-state index in [9.17, 15) is 43.2 Å². The van der Waals surface area contributed by atoms with Crippen LogP contribution in [0.3, 0.4) is 0 Å². The number of ether oxygens (including phenoxy) is 4. The highest BCUT2D eigenvalue weighted by atomic mass is 31.2. The average molecular weight is 1540 g/mol. The fraction of sp³-hybridized carbons (Fsp3) is 0.953. The molecule has 105 heavy (non-hydrogen) atoms. The van der Waals surface area contributed by atoms with E-state index in [0.717, 1.165) is 102 Å². The first kappa shape index (κ1) is 103. The predicted molar refractivity (Wildman–Crippen MR) is 432 cm³/mol. The van der Waals surface area contributed by atoms with Gasteiger partial charge in [0.05, 0.1) is 26.4 Å². The van der Waals surface area contributed by atoms with Crippen LogP contribution in [-0.2, 0) is 65.4 Å². The first-order valence-corrected chi connectivity index (χ1v) is 47.5. The molecule has 0 aromatic heterocycles. The minimum Gasteiger partial charge on any atom is -0.462 e. The van der Waals surface area contributed by atoms with Crippen molar-refractivity contribution in [1.29, 1.82) is 0 Å². The van der Waals surface area contributed by atoms with E-state index in [1.54, 1.807) is 0 Å². The number of esters is 4. The molecule has 0 heterocycles. The Kier molecular flexibility index (Phi) is 76.0. The van der Waals surface area contributed by atoms with Crippen LogP contribution in [0.1, 0.15) is 459 Å². The number of rotatable bonds is 85. The van der Waals surface area contributed by atoms with E-state index >= 15 is 0 Å². The van der Waals surface area contributed by atoms with Crippen LogP contribution in [0.5, 0.6) is 0 Å². The SMILES string of the molecule is CCCCCCCCCCCCCCCCCCC(=O)OC[C@H](COP(=O)(O)OC[C@@H](O)COP(=O)(O)OC[C@@H](COC(=O)CCCCCCCCCCCCCC)OC(=O)CCCCCCCCCCCCCCC(C)C)OC(=O)CCCCCCCCCCCCCCCCCCCCC(C)CC. The van der Waals surface area contributed by atoms with Gasteiger partial charge in [-0.3, -0.25) is 37.3 Å². The largest absolute Gasteiger partial charge is 0.472 e. The van der Waals surface area contributed by atoms with Crippen LogP contribution in [0.2, 0.25) is 0 Å². The maximum absolute atomic E-state index is 13.1. The van der Waals surface area contributed by atoms with E-state index in [4.69, 9.17) is 37.0 Å². The molecule has 19 heteroatoms. The van der Waals surface area contributed by atoms with Crippen LogP contribution in [0.15, 0.2) is 0 Å². The summed E-state index contributed by atoms with van der Waals surface area (Å²) in [5.41, 5.74) is 0. The molecule has 0 rings (SSSR count). The molecule has 624 valence electrons. The molecule has 0 saturated carbocycles. The maximum Gasteiger partial charge on any atom is 0.472 e. The smallest absolute Gasteiger partial charge is 0.462 e. The van der Waals surface area contributed by atoms with Crippen molar-refractivity contribution in [3.63, 3.8) is 0 Å². The van der Waals surface area contributed by atoms with Gasteiger partial charge >= 0.3 is 39.5 Å². The number of aliphatic hydroxyl groups excluding tert-OH is 1. The van der Waals surface area contributed by atoms with Crippen LogP contribution in [-0.4, -0.2) is 96.7 Å². The Morgan fingerprint density at radius 1 is 0.276 bits per heavy atom. The van der Waals surface area contributed by atoms with Gasteiger partial charge in [-0.25, -0.2) is 9.13 Å². The number of carbonyl (C=O) groups excluding carboxylic acids is 4. The van der Waals surface area contributed by atoms with E-state index in [-0.39, 0.29) is 25.7 Å². The Labute approximate surface area is 645 Å². The molecule has 0 aromatic carbocycles. The summed E-state index contributed by atoms with van der Waals surface area (Å²) in [5.74, 6) is -0.452. The second-order valence-corrected chi connectivity index (χ2v) is 34.6. The van der Waals surface area contributed by atoms with Crippen molar-refractivity contribution < 1.29 is 80.2 Å². The van der Waals surface area contributed by atoms with Gasteiger partial charge in [0.25, 0.3) is 0 Å². The summed E-state index contributed by atoms with van der Waals surface area (Å²) < 4.78 is 68.9. The lowest BCUT2D eigenvalue weighted by Gasteiger charge is -2.21. The number of hydrogen-bond acceptors (Lipinski definition) is 15. The molecule has 0 amide bonds. The highest BCUT2D eigenvalue weighted by Crippen LogP contribution is 2.45. The monoisotopic (exact) mass is 1540 g/mol. The van der Waals surface area contributed by atoms with Gasteiger partial charge in [0.2, 0.25) is 0 Å². The third kappa shape index (κ3) is 78.5. The zero-order valence-electron chi connectivity index (χ0n) is 69.0. The van der Waals surface area contributed by atoms with Gasteiger partial charge in [0.1, 0.15) is 19.3 Å². The summed E-state index contributed by atoms with van der Waals surface area (Å²) in [4.78, 5) is 73.2. The van der Waals surface area contributed by atoms with Gasteiger partial charge in [-0.1, -0.05) is 408 Å². The molecule has 0 fully saturated rings. The van der Waals surface area contributed by atoms with E-state index < -0.39 is 97.5 Å². The van der Waals surface area contributed by atoms with Crippen molar-refractivity contribution in [3.05, 3.63) is 0 Å². The molecule has 0 aliphatic heterocycles. The van der Waals surface area contributed by atoms with Crippen LogP contribution >= 0.6 is 15.6 Å². The van der Waals surface area contributed by atoms with Gasteiger partial charge in [0.15, 0.2) is 12.2 Å². The van der Waals surface area contributed by atoms with E-state index in [1.165, 1.54) is 276 Å². The summed E-state index contributed by atoms with van der Waals surface area (Å²) in [5, 5.41) is 10.7. The molecule has 17 nitrogen and oxygen atoms in total. The van der Waals surface area contributed by atoms with Crippen molar-refractivity contribution in [1.82, 2.24) is 0 Å². The van der Waals surface area contributed by atoms with E-state index in [0.29, 0.717) is 25.7 Å². The Morgan fingerprint density at radius 3 is 0.724 bits per heavy atom. The standard InChI is InChI=1S/C86H168O17P2/c1-7-10-12-14-16-18-20-22-23-29-32-39-45-51-57-63-69-84(89)97-75-82(102-85(90)70-64-58-52-46-40-33-30-27-25-24-26-28-31-37-43-49-55-61-67-79(6)9-3)77-101-105(94,95)99-73-80(87)72-98-104(92,93)100-76-81(74-96-83(88)68-62-56-50-44-38-21-19-17-15-13-11-8-2)103-86(91)71-65-59-53-47-41-35-34-36-42-48-54-60-66-78(4)5/h78-82,87H,7-77H2,1-6H3,(H,92,93)(H,94,95)/t79?,80-,81+,82+/m0/s1. The van der Waals surface area contributed by atoms with Crippen LogP contribution in [0.4, 0.5) is 0 Å². The number of aliphatic hydroxyl groups is 1.